The van der Waals surface area contributed by atoms with Crippen LogP contribution in [0.4, 0.5) is 0 Å². The lowest BCUT2D eigenvalue weighted by molar-refractivity contribution is -0.130. The van der Waals surface area contributed by atoms with Crippen LogP contribution in [0.1, 0.15) is 26.7 Å². The zero-order valence-corrected chi connectivity index (χ0v) is 12.6. The molecule has 0 aliphatic rings. The van der Waals surface area contributed by atoms with Crippen LogP contribution in [0, 0.1) is 0 Å². The van der Waals surface area contributed by atoms with Crippen LogP contribution in [0.3, 0.4) is 0 Å². The van der Waals surface area contributed by atoms with Crippen LogP contribution in [0.15, 0.2) is 30.3 Å². The summed E-state index contributed by atoms with van der Waals surface area (Å²) < 4.78 is 5.59. The normalized spacial score (nSPS) is 10.3. The van der Waals surface area contributed by atoms with Crippen LogP contribution in [-0.2, 0) is 4.79 Å². The molecular formula is C16H26N2O2. The standard InChI is InChI=1S/C16H26N2O2/c1-3-18(4-2)16(19)11-13-17-12-8-14-20-15-9-6-5-7-10-15/h5-7,9-10,17H,3-4,8,11-14H2,1-2H3. The third kappa shape index (κ3) is 6.57. The van der Waals surface area contributed by atoms with Gasteiger partial charge in [-0.2, -0.15) is 0 Å². The minimum absolute atomic E-state index is 0.225. The van der Waals surface area contributed by atoms with Crippen molar-refractivity contribution in [2.75, 3.05) is 32.8 Å². The monoisotopic (exact) mass is 278 g/mol. The van der Waals surface area contributed by atoms with Crippen molar-refractivity contribution in [3.8, 4) is 5.75 Å². The summed E-state index contributed by atoms with van der Waals surface area (Å²) in [4.78, 5) is 13.6. The quantitative estimate of drug-likeness (QED) is 0.668. The third-order valence-electron chi connectivity index (χ3n) is 3.14. The molecule has 0 spiro atoms. The average Bonchev–Trinajstić information content (AvgIpc) is 2.48. The van der Waals surface area contributed by atoms with Crippen LogP contribution in [-0.4, -0.2) is 43.6 Å². The topological polar surface area (TPSA) is 41.6 Å². The molecule has 0 aliphatic heterocycles. The maximum absolute atomic E-state index is 11.7. The van der Waals surface area contributed by atoms with Gasteiger partial charge in [-0.05, 0) is 38.9 Å². The highest BCUT2D eigenvalue weighted by molar-refractivity contribution is 5.76. The smallest absolute Gasteiger partial charge is 0.223 e. The first kappa shape index (κ1) is 16.5. The molecule has 0 fully saturated rings. The lowest BCUT2D eigenvalue weighted by atomic mass is 10.3. The van der Waals surface area contributed by atoms with Gasteiger partial charge in [-0.1, -0.05) is 18.2 Å². The minimum atomic E-state index is 0.225. The SMILES string of the molecule is CCN(CC)C(=O)CCNCCCOc1ccccc1. The Morgan fingerprint density at radius 1 is 1.15 bits per heavy atom. The molecule has 1 amide bonds. The third-order valence-corrected chi connectivity index (χ3v) is 3.14. The second-order valence-corrected chi connectivity index (χ2v) is 4.58. The van der Waals surface area contributed by atoms with Gasteiger partial charge in [0.05, 0.1) is 6.61 Å². The molecule has 112 valence electrons. The lowest BCUT2D eigenvalue weighted by Crippen LogP contribution is -2.33. The Balaban J connectivity index is 1.98. The number of carbonyl (C=O) groups excluding carboxylic acids is 1. The fraction of sp³-hybridized carbons (Fsp3) is 0.562. The highest BCUT2D eigenvalue weighted by Crippen LogP contribution is 2.07. The number of benzene rings is 1. The second kappa shape index (κ2) is 10.3. The molecule has 1 aromatic rings. The van der Waals surface area contributed by atoms with Gasteiger partial charge in [0.1, 0.15) is 5.75 Å². The summed E-state index contributed by atoms with van der Waals surface area (Å²) >= 11 is 0. The molecule has 20 heavy (non-hydrogen) atoms. The number of para-hydroxylation sites is 1. The Morgan fingerprint density at radius 3 is 2.50 bits per heavy atom. The van der Waals surface area contributed by atoms with E-state index in [1.54, 1.807) is 0 Å². The molecule has 0 unspecified atom stereocenters. The highest BCUT2D eigenvalue weighted by atomic mass is 16.5. The number of nitrogens with zero attached hydrogens (tertiary/aromatic N) is 1. The van der Waals surface area contributed by atoms with Crippen molar-refractivity contribution in [2.45, 2.75) is 26.7 Å². The molecule has 0 bridgehead atoms. The molecule has 0 saturated heterocycles. The van der Waals surface area contributed by atoms with Crippen LogP contribution < -0.4 is 10.1 Å². The van der Waals surface area contributed by atoms with Crippen molar-refractivity contribution in [2.24, 2.45) is 0 Å². The molecule has 0 aromatic heterocycles. The number of rotatable bonds is 10. The first-order valence-corrected chi connectivity index (χ1v) is 7.44. The van der Waals surface area contributed by atoms with Gasteiger partial charge in [-0.3, -0.25) is 4.79 Å². The van der Waals surface area contributed by atoms with E-state index in [1.807, 2.05) is 49.1 Å². The largest absolute Gasteiger partial charge is 0.494 e. The average molecular weight is 278 g/mol. The van der Waals surface area contributed by atoms with Crippen molar-refractivity contribution in [3.63, 3.8) is 0 Å². The first-order chi connectivity index (χ1) is 9.77. The maximum atomic E-state index is 11.7. The Kier molecular flexibility index (Phi) is 8.47. The first-order valence-electron chi connectivity index (χ1n) is 7.44. The number of ether oxygens (including phenoxy) is 1. The predicted octanol–water partition coefficient (Wildman–Crippen LogP) is 2.30. The van der Waals surface area contributed by atoms with Crippen LogP contribution in [0.2, 0.25) is 0 Å². The number of carbonyl (C=O) groups is 1. The Labute approximate surface area is 122 Å². The molecular weight excluding hydrogens is 252 g/mol. The van der Waals surface area contributed by atoms with Gasteiger partial charge < -0.3 is 15.0 Å². The molecule has 1 N–H and O–H groups in total. The van der Waals surface area contributed by atoms with E-state index in [9.17, 15) is 4.79 Å². The number of amides is 1. The van der Waals surface area contributed by atoms with Gasteiger partial charge >= 0.3 is 0 Å². The molecule has 0 heterocycles. The van der Waals surface area contributed by atoms with Gasteiger partial charge in [0.2, 0.25) is 5.91 Å². The Hall–Kier alpha value is -1.55. The van der Waals surface area contributed by atoms with Crippen molar-refractivity contribution in [3.05, 3.63) is 30.3 Å². The molecule has 0 radical (unpaired) electrons. The summed E-state index contributed by atoms with van der Waals surface area (Å²) in [5, 5.41) is 3.28. The fourth-order valence-electron chi connectivity index (χ4n) is 1.96. The van der Waals surface area contributed by atoms with E-state index in [0.29, 0.717) is 13.0 Å². The summed E-state index contributed by atoms with van der Waals surface area (Å²) in [6.45, 7) is 7.91. The van der Waals surface area contributed by atoms with E-state index >= 15 is 0 Å². The van der Waals surface area contributed by atoms with Crippen molar-refractivity contribution >= 4 is 5.91 Å². The summed E-state index contributed by atoms with van der Waals surface area (Å²) in [5.74, 6) is 1.13. The Morgan fingerprint density at radius 2 is 1.85 bits per heavy atom. The molecule has 4 nitrogen and oxygen atoms in total. The predicted molar refractivity (Wildman–Crippen MR) is 82.0 cm³/mol. The summed E-state index contributed by atoms with van der Waals surface area (Å²) in [6.07, 6.45) is 1.51. The number of nitrogens with one attached hydrogen (secondary N) is 1. The second-order valence-electron chi connectivity index (χ2n) is 4.58. The van der Waals surface area contributed by atoms with Crippen LogP contribution in [0.5, 0.6) is 5.75 Å². The fourth-order valence-corrected chi connectivity index (χ4v) is 1.96. The van der Waals surface area contributed by atoms with Gasteiger partial charge in [0.15, 0.2) is 0 Å². The van der Waals surface area contributed by atoms with Gasteiger partial charge in [0.25, 0.3) is 0 Å². The van der Waals surface area contributed by atoms with Gasteiger partial charge in [-0.25, -0.2) is 0 Å². The summed E-state index contributed by atoms with van der Waals surface area (Å²) in [6, 6.07) is 9.81. The summed E-state index contributed by atoms with van der Waals surface area (Å²) in [5.41, 5.74) is 0. The van der Waals surface area contributed by atoms with Crippen molar-refractivity contribution in [1.29, 1.82) is 0 Å². The zero-order valence-electron chi connectivity index (χ0n) is 12.6. The Bertz CT molecular complexity index is 364. The lowest BCUT2D eigenvalue weighted by Gasteiger charge is -2.18. The van der Waals surface area contributed by atoms with Crippen molar-refractivity contribution in [1.82, 2.24) is 10.2 Å². The van der Waals surface area contributed by atoms with E-state index in [-0.39, 0.29) is 5.91 Å². The van der Waals surface area contributed by atoms with E-state index in [0.717, 1.165) is 38.3 Å². The van der Waals surface area contributed by atoms with E-state index in [4.69, 9.17) is 4.74 Å². The van der Waals surface area contributed by atoms with E-state index in [1.165, 1.54) is 0 Å². The number of hydrogen-bond donors (Lipinski definition) is 1. The highest BCUT2D eigenvalue weighted by Gasteiger charge is 2.07. The number of hydrogen-bond acceptors (Lipinski definition) is 3. The van der Waals surface area contributed by atoms with E-state index in [2.05, 4.69) is 5.32 Å². The molecule has 0 aliphatic carbocycles. The molecule has 4 heteroatoms. The van der Waals surface area contributed by atoms with Gasteiger partial charge in [0, 0.05) is 26.1 Å². The van der Waals surface area contributed by atoms with Crippen molar-refractivity contribution < 1.29 is 9.53 Å². The minimum Gasteiger partial charge on any atom is -0.494 e. The maximum Gasteiger partial charge on any atom is 0.223 e. The molecule has 1 rings (SSSR count). The molecule has 0 saturated carbocycles. The van der Waals surface area contributed by atoms with Gasteiger partial charge in [-0.15, -0.1) is 0 Å². The summed E-state index contributed by atoms with van der Waals surface area (Å²) in [7, 11) is 0. The van der Waals surface area contributed by atoms with Crippen LogP contribution >= 0.6 is 0 Å². The molecule has 1 aromatic carbocycles. The van der Waals surface area contributed by atoms with Crippen LogP contribution in [0.25, 0.3) is 0 Å². The van der Waals surface area contributed by atoms with E-state index < -0.39 is 0 Å². The zero-order chi connectivity index (χ0) is 14.6. The molecule has 0 atom stereocenters.